The third kappa shape index (κ3) is 9.65. The van der Waals surface area contributed by atoms with E-state index in [9.17, 15) is 13.2 Å². The van der Waals surface area contributed by atoms with Gasteiger partial charge >= 0.3 is 6.03 Å². The summed E-state index contributed by atoms with van der Waals surface area (Å²) in [4.78, 5) is 12.3. The van der Waals surface area contributed by atoms with E-state index < -0.39 is 10.0 Å². The quantitative estimate of drug-likeness (QED) is 0.681. The standard InChI is InChI=1S/C20H33N3O3S/c1-27(25,26)23-19-15-13-18(14-16-19)22-20(24)21-17-11-9-7-5-3-2-4-6-8-10-12-17/h13-17,23H,2-12H2,1H3,(H2,21,22,24). The predicted molar refractivity (Wildman–Crippen MR) is 112 cm³/mol. The summed E-state index contributed by atoms with van der Waals surface area (Å²) < 4.78 is 24.9. The highest BCUT2D eigenvalue weighted by atomic mass is 32.2. The monoisotopic (exact) mass is 395 g/mol. The van der Waals surface area contributed by atoms with Crippen LogP contribution in [-0.4, -0.2) is 26.7 Å². The first-order valence-electron chi connectivity index (χ1n) is 10.1. The molecule has 3 N–H and O–H groups in total. The molecule has 1 aromatic carbocycles. The van der Waals surface area contributed by atoms with Crippen LogP contribution in [0.2, 0.25) is 0 Å². The number of carbonyl (C=O) groups is 1. The van der Waals surface area contributed by atoms with Crippen molar-refractivity contribution >= 4 is 27.4 Å². The van der Waals surface area contributed by atoms with Gasteiger partial charge in [0.05, 0.1) is 6.26 Å². The normalized spacial score (nSPS) is 18.0. The minimum absolute atomic E-state index is 0.198. The fourth-order valence-corrected chi connectivity index (χ4v) is 4.06. The maximum Gasteiger partial charge on any atom is 0.319 e. The lowest BCUT2D eigenvalue weighted by atomic mass is 9.98. The van der Waals surface area contributed by atoms with Crippen molar-refractivity contribution in [2.45, 2.75) is 76.7 Å². The zero-order valence-electron chi connectivity index (χ0n) is 16.3. The van der Waals surface area contributed by atoms with Gasteiger partial charge in [0.1, 0.15) is 0 Å². The van der Waals surface area contributed by atoms with Gasteiger partial charge in [-0.25, -0.2) is 13.2 Å². The summed E-state index contributed by atoms with van der Waals surface area (Å²) in [5.74, 6) is 0. The first-order valence-corrected chi connectivity index (χ1v) is 12.0. The molecule has 6 nitrogen and oxygen atoms in total. The lowest BCUT2D eigenvalue weighted by Crippen LogP contribution is -2.38. The van der Waals surface area contributed by atoms with Crippen LogP contribution < -0.4 is 15.4 Å². The number of sulfonamides is 1. The van der Waals surface area contributed by atoms with Crippen LogP contribution in [0.25, 0.3) is 0 Å². The van der Waals surface area contributed by atoms with Gasteiger partial charge in [0.2, 0.25) is 10.0 Å². The van der Waals surface area contributed by atoms with Gasteiger partial charge in [0.15, 0.2) is 0 Å². The first kappa shape index (κ1) is 21.5. The average Bonchev–Trinajstić information content (AvgIpc) is 2.58. The van der Waals surface area contributed by atoms with Crippen molar-refractivity contribution in [3.8, 4) is 0 Å². The minimum atomic E-state index is -3.30. The molecule has 1 saturated carbocycles. The van der Waals surface area contributed by atoms with E-state index >= 15 is 0 Å². The molecular weight excluding hydrogens is 362 g/mol. The Labute approximate surface area is 163 Å². The zero-order valence-corrected chi connectivity index (χ0v) is 17.1. The topological polar surface area (TPSA) is 87.3 Å². The fraction of sp³-hybridized carbons (Fsp3) is 0.650. The molecule has 0 heterocycles. The summed E-state index contributed by atoms with van der Waals surface area (Å²) >= 11 is 0. The van der Waals surface area contributed by atoms with Crippen LogP contribution in [0.15, 0.2) is 24.3 Å². The van der Waals surface area contributed by atoms with E-state index in [0.717, 1.165) is 31.9 Å². The van der Waals surface area contributed by atoms with Crippen molar-refractivity contribution in [1.82, 2.24) is 5.32 Å². The molecule has 27 heavy (non-hydrogen) atoms. The minimum Gasteiger partial charge on any atom is -0.335 e. The summed E-state index contributed by atoms with van der Waals surface area (Å²) in [5.41, 5.74) is 1.11. The molecule has 1 aromatic rings. The van der Waals surface area contributed by atoms with Gasteiger partial charge in [-0.15, -0.1) is 0 Å². The van der Waals surface area contributed by atoms with E-state index in [2.05, 4.69) is 15.4 Å². The van der Waals surface area contributed by atoms with E-state index in [-0.39, 0.29) is 12.1 Å². The molecule has 0 saturated heterocycles. The molecule has 0 aliphatic heterocycles. The lowest BCUT2D eigenvalue weighted by molar-refractivity contribution is 0.246. The molecule has 0 spiro atoms. The highest BCUT2D eigenvalue weighted by molar-refractivity contribution is 7.92. The molecule has 1 aliphatic rings. The number of urea groups is 1. The van der Waals surface area contributed by atoms with Crippen LogP contribution >= 0.6 is 0 Å². The van der Waals surface area contributed by atoms with Crippen LogP contribution in [0.1, 0.15) is 70.6 Å². The number of hydrogen-bond acceptors (Lipinski definition) is 3. The van der Waals surface area contributed by atoms with Crippen molar-refractivity contribution in [1.29, 1.82) is 0 Å². The van der Waals surface area contributed by atoms with Crippen molar-refractivity contribution in [3.63, 3.8) is 0 Å². The van der Waals surface area contributed by atoms with Crippen molar-refractivity contribution in [2.24, 2.45) is 0 Å². The molecule has 1 aliphatic carbocycles. The molecular formula is C20H33N3O3S. The Hall–Kier alpha value is -1.76. The van der Waals surface area contributed by atoms with Gasteiger partial charge in [0.25, 0.3) is 0 Å². The van der Waals surface area contributed by atoms with Crippen LogP contribution in [0.3, 0.4) is 0 Å². The summed E-state index contributed by atoms with van der Waals surface area (Å²) in [6.45, 7) is 0. The van der Waals surface area contributed by atoms with E-state index in [4.69, 9.17) is 0 Å². The molecule has 2 amide bonds. The molecule has 0 radical (unpaired) electrons. The molecule has 0 aromatic heterocycles. The van der Waals surface area contributed by atoms with Crippen LogP contribution in [-0.2, 0) is 10.0 Å². The zero-order chi connectivity index (χ0) is 19.5. The number of hydrogen-bond donors (Lipinski definition) is 3. The third-order valence-corrected chi connectivity index (χ3v) is 5.49. The molecule has 7 heteroatoms. The van der Waals surface area contributed by atoms with E-state index in [1.807, 2.05) is 0 Å². The summed E-state index contributed by atoms with van der Waals surface area (Å²) in [6.07, 6.45) is 14.6. The van der Waals surface area contributed by atoms with E-state index in [0.29, 0.717) is 11.4 Å². The molecule has 152 valence electrons. The highest BCUT2D eigenvalue weighted by Gasteiger charge is 2.13. The van der Waals surface area contributed by atoms with Crippen molar-refractivity contribution in [3.05, 3.63) is 24.3 Å². The second kappa shape index (κ2) is 11.2. The number of amides is 2. The second-order valence-corrected chi connectivity index (χ2v) is 9.25. The number of benzene rings is 1. The van der Waals surface area contributed by atoms with E-state index in [1.54, 1.807) is 24.3 Å². The Morgan fingerprint density at radius 1 is 0.815 bits per heavy atom. The summed E-state index contributed by atoms with van der Waals surface area (Å²) in [7, 11) is -3.30. The van der Waals surface area contributed by atoms with E-state index in [1.165, 1.54) is 44.9 Å². The number of rotatable bonds is 4. The molecule has 0 unspecified atom stereocenters. The number of anilines is 2. The van der Waals surface area contributed by atoms with Crippen molar-refractivity contribution < 1.29 is 13.2 Å². The predicted octanol–water partition coefficient (Wildman–Crippen LogP) is 4.85. The van der Waals surface area contributed by atoms with Crippen molar-refractivity contribution in [2.75, 3.05) is 16.3 Å². The highest BCUT2D eigenvalue weighted by Crippen LogP contribution is 2.18. The SMILES string of the molecule is CS(=O)(=O)Nc1ccc(NC(=O)NC2CCCCCCCCCCC2)cc1. The Morgan fingerprint density at radius 2 is 1.26 bits per heavy atom. The number of nitrogens with one attached hydrogen (secondary N) is 3. The smallest absolute Gasteiger partial charge is 0.319 e. The van der Waals surface area contributed by atoms with Crippen LogP contribution in [0, 0.1) is 0 Å². The summed E-state index contributed by atoms with van der Waals surface area (Å²) in [5, 5.41) is 5.95. The first-order chi connectivity index (χ1) is 12.9. The van der Waals surface area contributed by atoms with Gasteiger partial charge < -0.3 is 10.6 Å². The van der Waals surface area contributed by atoms with Crippen LogP contribution in [0.5, 0.6) is 0 Å². The molecule has 0 bridgehead atoms. The molecule has 2 rings (SSSR count). The Bertz CT molecular complexity index is 662. The second-order valence-electron chi connectivity index (χ2n) is 7.51. The number of carbonyl (C=O) groups excluding carboxylic acids is 1. The Morgan fingerprint density at radius 3 is 1.74 bits per heavy atom. The third-order valence-electron chi connectivity index (χ3n) is 4.89. The molecule has 0 atom stereocenters. The maximum absolute atomic E-state index is 12.3. The lowest BCUT2D eigenvalue weighted by Gasteiger charge is -2.20. The van der Waals surface area contributed by atoms with Gasteiger partial charge in [-0.2, -0.15) is 0 Å². The fourth-order valence-electron chi connectivity index (χ4n) is 3.50. The Kier molecular flexibility index (Phi) is 8.91. The summed E-state index contributed by atoms with van der Waals surface area (Å²) in [6, 6.07) is 6.66. The van der Waals surface area contributed by atoms with Gasteiger partial charge in [-0.3, -0.25) is 4.72 Å². The van der Waals surface area contributed by atoms with Gasteiger partial charge in [0, 0.05) is 17.4 Å². The largest absolute Gasteiger partial charge is 0.335 e. The van der Waals surface area contributed by atoms with Gasteiger partial charge in [-0.1, -0.05) is 57.8 Å². The molecule has 1 fully saturated rings. The average molecular weight is 396 g/mol. The van der Waals surface area contributed by atoms with Gasteiger partial charge in [-0.05, 0) is 37.1 Å². The van der Waals surface area contributed by atoms with Crippen LogP contribution in [0.4, 0.5) is 16.2 Å². The maximum atomic E-state index is 12.3. The Balaban J connectivity index is 1.82.